The molecule has 2 aliphatic heterocycles. The van der Waals surface area contributed by atoms with Crippen LogP contribution >= 0.6 is 11.6 Å². The van der Waals surface area contributed by atoms with Crippen molar-refractivity contribution in [1.82, 2.24) is 0 Å². The van der Waals surface area contributed by atoms with E-state index in [1.165, 1.54) is 6.42 Å². The first-order valence-electron chi connectivity index (χ1n) is 5.88. The average Bonchev–Trinajstić information content (AvgIpc) is 2.93. The fraction of sp³-hybridized carbons (Fsp3) is 0.462. The van der Waals surface area contributed by atoms with E-state index in [-0.39, 0.29) is 0 Å². The Kier molecular flexibility index (Phi) is 2.70. The van der Waals surface area contributed by atoms with E-state index in [1.807, 2.05) is 6.07 Å². The number of rotatable bonds is 2. The van der Waals surface area contributed by atoms with Gasteiger partial charge in [-0.2, -0.15) is 5.26 Å². The summed E-state index contributed by atoms with van der Waals surface area (Å²) in [5.41, 5.74) is 1.48. The zero-order valence-electron chi connectivity index (χ0n) is 9.32. The zero-order chi connectivity index (χ0) is 11.8. The standard InChI is InChI=1S/C13H13ClN2O/c14-10-5-8(7-15)1-3-11(10)16-12-6-9-2-4-13(12)17-9/h1,3,5,9,12-13,16H,2,4,6H2. The highest BCUT2D eigenvalue weighted by molar-refractivity contribution is 6.33. The molecule has 0 spiro atoms. The summed E-state index contributed by atoms with van der Waals surface area (Å²) in [7, 11) is 0. The summed E-state index contributed by atoms with van der Waals surface area (Å²) in [5.74, 6) is 0. The van der Waals surface area contributed by atoms with Gasteiger partial charge in [0.1, 0.15) is 0 Å². The van der Waals surface area contributed by atoms with Crippen molar-refractivity contribution in [1.29, 1.82) is 5.26 Å². The van der Waals surface area contributed by atoms with Crippen LogP contribution in [0.1, 0.15) is 24.8 Å². The van der Waals surface area contributed by atoms with Gasteiger partial charge in [-0.1, -0.05) is 11.6 Å². The lowest BCUT2D eigenvalue weighted by molar-refractivity contribution is 0.102. The molecule has 0 aliphatic carbocycles. The van der Waals surface area contributed by atoms with Crippen LogP contribution in [-0.2, 0) is 4.74 Å². The van der Waals surface area contributed by atoms with Crippen molar-refractivity contribution < 1.29 is 4.74 Å². The third kappa shape index (κ3) is 1.99. The maximum Gasteiger partial charge on any atom is 0.0992 e. The second-order valence-electron chi connectivity index (χ2n) is 4.67. The van der Waals surface area contributed by atoms with E-state index in [2.05, 4.69) is 11.4 Å². The van der Waals surface area contributed by atoms with Crippen molar-refractivity contribution in [2.45, 2.75) is 37.5 Å². The Morgan fingerprint density at radius 2 is 2.29 bits per heavy atom. The molecule has 3 nitrogen and oxygen atoms in total. The molecule has 0 radical (unpaired) electrons. The van der Waals surface area contributed by atoms with Crippen LogP contribution in [0.2, 0.25) is 5.02 Å². The van der Waals surface area contributed by atoms with Gasteiger partial charge in [0.25, 0.3) is 0 Å². The van der Waals surface area contributed by atoms with Crippen molar-refractivity contribution in [3.05, 3.63) is 28.8 Å². The Labute approximate surface area is 105 Å². The minimum atomic E-state index is 0.326. The number of hydrogen-bond donors (Lipinski definition) is 1. The SMILES string of the molecule is N#Cc1ccc(NC2CC3CCC2O3)c(Cl)c1. The second-order valence-corrected chi connectivity index (χ2v) is 5.07. The number of ether oxygens (including phenoxy) is 1. The van der Waals surface area contributed by atoms with Crippen LogP contribution in [-0.4, -0.2) is 18.2 Å². The Morgan fingerprint density at radius 1 is 1.41 bits per heavy atom. The molecule has 3 rings (SSSR count). The van der Waals surface area contributed by atoms with E-state index in [0.717, 1.165) is 18.5 Å². The molecular formula is C13H13ClN2O. The van der Waals surface area contributed by atoms with Gasteiger partial charge in [0.2, 0.25) is 0 Å². The number of nitriles is 1. The smallest absolute Gasteiger partial charge is 0.0992 e. The lowest BCUT2D eigenvalue weighted by Crippen LogP contribution is -2.30. The van der Waals surface area contributed by atoms with Gasteiger partial charge in [0.05, 0.1) is 40.6 Å². The van der Waals surface area contributed by atoms with Gasteiger partial charge in [-0.15, -0.1) is 0 Å². The molecule has 2 fully saturated rings. The van der Waals surface area contributed by atoms with Crippen LogP contribution in [0.5, 0.6) is 0 Å². The molecule has 0 aromatic heterocycles. The van der Waals surface area contributed by atoms with Crippen molar-refractivity contribution in [2.75, 3.05) is 5.32 Å². The maximum absolute atomic E-state index is 8.77. The van der Waals surface area contributed by atoms with E-state index in [9.17, 15) is 0 Å². The third-order valence-electron chi connectivity index (χ3n) is 3.55. The molecule has 4 heteroatoms. The second kappa shape index (κ2) is 4.21. The fourth-order valence-corrected chi connectivity index (χ4v) is 2.93. The molecule has 3 unspecified atom stereocenters. The monoisotopic (exact) mass is 248 g/mol. The van der Waals surface area contributed by atoms with Crippen LogP contribution in [0, 0.1) is 11.3 Å². The summed E-state index contributed by atoms with van der Waals surface area (Å²) in [6, 6.07) is 7.78. The number of nitrogens with zero attached hydrogens (tertiary/aromatic N) is 1. The van der Waals surface area contributed by atoms with E-state index in [1.54, 1.807) is 12.1 Å². The van der Waals surface area contributed by atoms with Gasteiger partial charge in [-0.25, -0.2) is 0 Å². The normalized spacial score (nSPS) is 30.2. The fourth-order valence-electron chi connectivity index (χ4n) is 2.69. The number of fused-ring (bicyclic) bond motifs is 2. The van der Waals surface area contributed by atoms with Crippen molar-refractivity contribution in [3.63, 3.8) is 0 Å². The molecule has 2 saturated heterocycles. The largest absolute Gasteiger partial charge is 0.378 e. The van der Waals surface area contributed by atoms with E-state index in [0.29, 0.717) is 28.8 Å². The molecule has 2 aliphatic rings. The summed E-state index contributed by atoms with van der Waals surface area (Å²) in [4.78, 5) is 0. The highest BCUT2D eigenvalue weighted by atomic mass is 35.5. The molecule has 0 saturated carbocycles. The minimum absolute atomic E-state index is 0.326. The molecule has 2 bridgehead atoms. The summed E-state index contributed by atoms with van der Waals surface area (Å²) in [6.07, 6.45) is 4.13. The van der Waals surface area contributed by atoms with Crippen molar-refractivity contribution in [3.8, 4) is 6.07 Å². The first-order chi connectivity index (χ1) is 8.26. The average molecular weight is 249 g/mol. The molecule has 1 aromatic carbocycles. The molecular weight excluding hydrogens is 236 g/mol. The highest BCUT2D eigenvalue weighted by Crippen LogP contribution is 2.37. The number of hydrogen-bond acceptors (Lipinski definition) is 3. The molecule has 0 amide bonds. The molecule has 17 heavy (non-hydrogen) atoms. The van der Waals surface area contributed by atoms with Crippen LogP contribution in [0.25, 0.3) is 0 Å². The molecule has 1 N–H and O–H groups in total. The number of nitrogens with one attached hydrogen (secondary N) is 1. The lowest BCUT2D eigenvalue weighted by atomic mass is 9.95. The van der Waals surface area contributed by atoms with Crippen molar-refractivity contribution >= 4 is 17.3 Å². The van der Waals surface area contributed by atoms with Gasteiger partial charge in [-0.05, 0) is 37.5 Å². The summed E-state index contributed by atoms with van der Waals surface area (Å²) in [6.45, 7) is 0. The summed E-state index contributed by atoms with van der Waals surface area (Å²) >= 11 is 6.13. The quantitative estimate of drug-likeness (QED) is 0.875. The number of benzene rings is 1. The summed E-state index contributed by atoms with van der Waals surface area (Å²) < 4.78 is 5.78. The Bertz CT molecular complexity index is 483. The predicted octanol–water partition coefficient (Wildman–Crippen LogP) is 2.94. The Hall–Kier alpha value is -1.24. The van der Waals surface area contributed by atoms with Crippen LogP contribution in [0.4, 0.5) is 5.69 Å². The van der Waals surface area contributed by atoms with E-state index < -0.39 is 0 Å². The van der Waals surface area contributed by atoms with Gasteiger partial charge in [0.15, 0.2) is 0 Å². The van der Waals surface area contributed by atoms with Crippen LogP contribution in [0.3, 0.4) is 0 Å². The lowest BCUT2D eigenvalue weighted by Gasteiger charge is -2.21. The zero-order valence-corrected chi connectivity index (χ0v) is 10.1. The third-order valence-corrected chi connectivity index (χ3v) is 3.86. The molecule has 2 heterocycles. The Balaban J connectivity index is 1.75. The molecule has 1 aromatic rings. The van der Waals surface area contributed by atoms with Gasteiger partial charge in [0, 0.05) is 0 Å². The topological polar surface area (TPSA) is 45.0 Å². The molecule has 3 atom stereocenters. The first kappa shape index (κ1) is 10.9. The van der Waals surface area contributed by atoms with E-state index >= 15 is 0 Å². The van der Waals surface area contributed by atoms with Gasteiger partial charge < -0.3 is 10.1 Å². The van der Waals surface area contributed by atoms with E-state index in [4.69, 9.17) is 21.6 Å². The Morgan fingerprint density at radius 3 is 2.88 bits per heavy atom. The van der Waals surface area contributed by atoms with Crippen LogP contribution < -0.4 is 5.32 Å². The predicted molar refractivity (Wildman–Crippen MR) is 66.1 cm³/mol. The highest BCUT2D eigenvalue weighted by Gasteiger charge is 2.40. The maximum atomic E-state index is 8.77. The molecule has 88 valence electrons. The minimum Gasteiger partial charge on any atom is -0.378 e. The van der Waals surface area contributed by atoms with Crippen LogP contribution in [0.15, 0.2) is 18.2 Å². The summed E-state index contributed by atoms with van der Waals surface area (Å²) in [5, 5.41) is 12.8. The number of halogens is 1. The van der Waals surface area contributed by atoms with Gasteiger partial charge in [-0.3, -0.25) is 0 Å². The van der Waals surface area contributed by atoms with Crippen molar-refractivity contribution in [2.24, 2.45) is 0 Å². The number of anilines is 1. The van der Waals surface area contributed by atoms with Gasteiger partial charge >= 0.3 is 0 Å². The first-order valence-corrected chi connectivity index (χ1v) is 6.25.